The minimum absolute atomic E-state index is 0.0425. The van der Waals surface area contributed by atoms with Gasteiger partial charge in [-0.05, 0) is 38.6 Å². The second kappa shape index (κ2) is 22.0. The number of nitrogens with two attached hydrogens (primary N) is 1. The number of carbonyl (C=O) groups excluding carboxylic acids is 5. The number of alkyl halides is 1. The highest BCUT2D eigenvalue weighted by molar-refractivity contribution is 5.83. The van der Waals surface area contributed by atoms with Gasteiger partial charge in [0.1, 0.15) is 6.17 Å². The number of carbonyl (C=O) groups is 5. The first-order chi connectivity index (χ1) is 18.5. The minimum atomic E-state index is -1.48. The third kappa shape index (κ3) is 19.8. The molecule has 0 fully saturated rings. The molecule has 0 saturated carbocycles. The van der Waals surface area contributed by atoms with Crippen molar-refractivity contribution in [2.24, 2.45) is 5.73 Å². The van der Waals surface area contributed by atoms with Crippen LogP contribution in [0, 0.1) is 0 Å². The van der Waals surface area contributed by atoms with Gasteiger partial charge in [0.2, 0.25) is 29.5 Å². The van der Waals surface area contributed by atoms with E-state index in [1.165, 1.54) is 0 Å². The third-order valence-electron chi connectivity index (χ3n) is 5.69. The molecule has 0 aliphatic carbocycles. The second-order valence-electron chi connectivity index (χ2n) is 9.13. The van der Waals surface area contributed by atoms with E-state index in [9.17, 15) is 44.0 Å². The fourth-order valence-corrected chi connectivity index (χ4v) is 3.25. The smallest absolute Gasteiger partial charge is 0.246 e. The van der Waals surface area contributed by atoms with Crippen molar-refractivity contribution in [2.75, 3.05) is 39.3 Å². The summed E-state index contributed by atoms with van der Waals surface area (Å²) in [6.45, 7) is 1.75. The Labute approximate surface area is 228 Å². The van der Waals surface area contributed by atoms with Gasteiger partial charge in [0, 0.05) is 65.2 Å². The fourth-order valence-electron chi connectivity index (χ4n) is 3.25. The highest BCUT2D eigenvalue weighted by Gasteiger charge is 2.16. The molecular formula is C24H45FN6O8. The fraction of sp³-hybridized carbons (Fsp3) is 0.792. The summed E-state index contributed by atoms with van der Waals surface area (Å²) in [4.78, 5) is 58.2. The lowest BCUT2D eigenvalue weighted by Gasteiger charge is -2.16. The Bertz CT molecular complexity index is 760. The monoisotopic (exact) mass is 564 g/mol. The number of unbranched alkanes of at least 4 members (excludes halogenated alkanes) is 4. The molecule has 0 aliphatic rings. The molecule has 1 atom stereocenters. The van der Waals surface area contributed by atoms with E-state index in [2.05, 4.69) is 10.6 Å². The number of nitrogens with one attached hydrogen (secondary N) is 2. The molecule has 0 aromatic rings. The first kappa shape index (κ1) is 36.1. The molecule has 0 aromatic carbocycles. The van der Waals surface area contributed by atoms with Crippen LogP contribution in [0.4, 0.5) is 4.39 Å². The van der Waals surface area contributed by atoms with Gasteiger partial charge >= 0.3 is 0 Å². The SMILES string of the molecule is CC(=O)N(O)CCC(F)CNC(=O)CCC(=O)N(O)CCCCCNC(=O)CCC(=O)N(O)CCCCCN. The van der Waals surface area contributed by atoms with E-state index >= 15 is 0 Å². The molecule has 0 bridgehead atoms. The van der Waals surface area contributed by atoms with Gasteiger partial charge in [-0.1, -0.05) is 6.42 Å². The number of halogens is 1. The van der Waals surface area contributed by atoms with Crippen molar-refractivity contribution in [3.8, 4) is 0 Å². The quantitative estimate of drug-likeness (QED) is 0.0613. The van der Waals surface area contributed by atoms with Gasteiger partial charge < -0.3 is 16.4 Å². The van der Waals surface area contributed by atoms with Gasteiger partial charge in [-0.25, -0.2) is 19.6 Å². The maximum Gasteiger partial charge on any atom is 0.246 e. The second-order valence-corrected chi connectivity index (χ2v) is 9.13. The van der Waals surface area contributed by atoms with Gasteiger partial charge in [-0.2, -0.15) is 0 Å². The van der Waals surface area contributed by atoms with Crippen molar-refractivity contribution >= 4 is 29.5 Å². The molecule has 0 radical (unpaired) electrons. The molecule has 0 rings (SSSR count). The Balaban J connectivity index is 3.85. The van der Waals surface area contributed by atoms with Crippen molar-refractivity contribution in [3.63, 3.8) is 0 Å². The van der Waals surface area contributed by atoms with Crippen LogP contribution in [-0.2, 0) is 24.0 Å². The summed E-state index contributed by atoms with van der Waals surface area (Å²) in [5.41, 5.74) is 5.38. The van der Waals surface area contributed by atoms with E-state index in [0.29, 0.717) is 54.0 Å². The van der Waals surface area contributed by atoms with E-state index < -0.39 is 29.8 Å². The van der Waals surface area contributed by atoms with E-state index in [1.807, 2.05) is 0 Å². The molecule has 226 valence electrons. The summed E-state index contributed by atoms with van der Waals surface area (Å²) in [6, 6.07) is 0. The Morgan fingerprint density at radius 3 is 1.74 bits per heavy atom. The van der Waals surface area contributed by atoms with Crippen LogP contribution in [0.1, 0.15) is 77.6 Å². The normalized spacial score (nSPS) is 11.4. The summed E-state index contributed by atoms with van der Waals surface area (Å²) in [7, 11) is 0. The molecule has 15 heteroatoms. The number of hydrogen-bond acceptors (Lipinski definition) is 9. The van der Waals surface area contributed by atoms with Gasteiger partial charge in [0.25, 0.3) is 0 Å². The van der Waals surface area contributed by atoms with Gasteiger partial charge in [-0.15, -0.1) is 0 Å². The van der Waals surface area contributed by atoms with Crippen LogP contribution in [0.3, 0.4) is 0 Å². The van der Waals surface area contributed by atoms with Crippen molar-refractivity contribution in [1.82, 2.24) is 25.8 Å². The van der Waals surface area contributed by atoms with Crippen LogP contribution >= 0.6 is 0 Å². The topological polar surface area (TPSA) is 206 Å². The van der Waals surface area contributed by atoms with Crippen molar-refractivity contribution < 1.29 is 44.0 Å². The minimum Gasteiger partial charge on any atom is -0.356 e. The zero-order chi connectivity index (χ0) is 29.6. The van der Waals surface area contributed by atoms with Gasteiger partial charge in [0.05, 0.1) is 6.54 Å². The average Bonchev–Trinajstić information content (AvgIpc) is 2.91. The van der Waals surface area contributed by atoms with Crippen LogP contribution in [0.25, 0.3) is 0 Å². The molecule has 5 amide bonds. The molecule has 14 nitrogen and oxygen atoms in total. The van der Waals surface area contributed by atoms with E-state index in [-0.39, 0.29) is 64.2 Å². The standard InChI is InChI=1S/C24H45FN6O8/c1-19(32)29(37)17-12-20(25)18-28-22(34)9-11-24(36)31(39)16-7-3-5-14-27-21(33)8-10-23(35)30(38)15-6-2-4-13-26/h20,37-39H,2-18,26H2,1H3,(H,27,33)(H,28,34). The molecule has 0 heterocycles. The van der Waals surface area contributed by atoms with E-state index in [1.54, 1.807) is 0 Å². The first-order valence-electron chi connectivity index (χ1n) is 13.3. The van der Waals surface area contributed by atoms with Crippen molar-refractivity contribution in [2.45, 2.75) is 83.7 Å². The highest BCUT2D eigenvalue weighted by atomic mass is 19.1. The number of amides is 5. The van der Waals surface area contributed by atoms with Gasteiger partial charge in [0.15, 0.2) is 0 Å². The summed E-state index contributed by atoms with van der Waals surface area (Å²) >= 11 is 0. The molecular weight excluding hydrogens is 519 g/mol. The summed E-state index contributed by atoms with van der Waals surface area (Å²) < 4.78 is 13.7. The zero-order valence-electron chi connectivity index (χ0n) is 22.8. The zero-order valence-corrected chi connectivity index (χ0v) is 22.8. The van der Waals surface area contributed by atoms with Crippen LogP contribution in [-0.4, -0.2) is 106 Å². The molecule has 0 aromatic heterocycles. The first-order valence-corrected chi connectivity index (χ1v) is 13.3. The summed E-state index contributed by atoms with van der Waals surface area (Å²) in [5, 5.41) is 35.2. The maximum absolute atomic E-state index is 13.7. The maximum atomic E-state index is 13.7. The molecule has 0 aliphatic heterocycles. The molecule has 7 N–H and O–H groups in total. The summed E-state index contributed by atoms with van der Waals surface area (Å²) in [5.74, 6) is -2.68. The molecule has 39 heavy (non-hydrogen) atoms. The molecule has 1 unspecified atom stereocenters. The Hall–Kier alpha value is -2.88. The van der Waals surface area contributed by atoms with Crippen LogP contribution in [0.15, 0.2) is 0 Å². The lowest BCUT2D eigenvalue weighted by Crippen LogP contribution is -2.34. The number of nitrogens with zero attached hydrogens (tertiary/aromatic N) is 3. The lowest BCUT2D eigenvalue weighted by atomic mass is 10.2. The predicted molar refractivity (Wildman–Crippen MR) is 137 cm³/mol. The largest absolute Gasteiger partial charge is 0.356 e. The average molecular weight is 565 g/mol. The van der Waals surface area contributed by atoms with Crippen LogP contribution in [0.5, 0.6) is 0 Å². The summed E-state index contributed by atoms with van der Waals surface area (Å²) in [6.07, 6.45) is 1.61. The van der Waals surface area contributed by atoms with E-state index in [0.717, 1.165) is 19.8 Å². The third-order valence-corrected chi connectivity index (χ3v) is 5.69. The predicted octanol–water partition coefficient (Wildman–Crippen LogP) is 0.480. The van der Waals surface area contributed by atoms with Crippen LogP contribution < -0.4 is 16.4 Å². The molecule has 0 spiro atoms. The van der Waals surface area contributed by atoms with Crippen molar-refractivity contribution in [1.29, 1.82) is 0 Å². The molecule has 0 saturated heterocycles. The van der Waals surface area contributed by atoms with Gasteiger partial charge in [-0.3, -0.25) is 39.6 Å². The number of rotatable bonds is 22. The Morgan fingerprint density at radius 2 is 1.23 bits per heavy atom. The number of hydrogen-bond donors (Lipinski definition) is 6. The number of hydroxylamine groups is 6. The van der Waals surface area contributed by atoms with Crippen molar-refractivity contribution in [3.05, 3.63) is 0 Å². The Kier molecular flexibility index (Phi) is 20.4. The van der Waals surface area contributed by atoms with E-state index in [4.69, 9.17) is 5.73 Å². The Morgan fingerprint density at radius 1 is 0.718 bits per heavy atom. The van der Waals surface area contributed by atoms with Crippen LogP contribution in [0.2, 0.25) is 0 Å². The highest BCUT2D eigenvalue weighted by Crippen LogP contribution is 2.03. The lowest BCUT2D eigenvalue weighted by molar-refractivity contribution is -0.166.